The summed E-state index contributed by atoms with van der Waals surface area (Å²) in [5, 5.41) is 8.46. The van der Waals surface area contributed by atoms with E-state index in [9.17, 15) is 0 Å². The molecule has 0 heterocycles. The van der Waals surface area contributed by atoms with Gasteiger partial charge in [0.2, 0.25) is 0 Å². The Bertz CT molecular complexity index is 88.1. The molecule has 2 nitrogen and oxygen atoms in total. The molecule has 0 aromatic carbocycles. The maximum atomic E-state index is 8.44. The van der Waals surface area contributed by atoms with E-state index < -0.39 is 0 Å². The van der Waals surface area contributed by atoms with Gasteiger partial charge < -0.3 is 9.84 Å². The zero-order valence-corrected chi connectivity index (χ0v) is 8.31. The lowest BCUT2D eigenvalue weighted by atomic mass is 9.99. The van der Waals surface area contributed by atoms with Crippen molar-refractivity contribution in [2.24, 2.45) is 5.41 Å². The van der Waals surface area contributed by atoms with Gasteiger partial charge in [0.1, 0.15) is 5.01 Å². The number of hydrogen-bond acceptors (Lipinski definition) is 2. The first kappa shape index (κ1) is 10.4. The minimum atomic E-state index is 0.0205. The number of halogens is 1. The van der Waals surface area contributed by atoms with Gasteiger partial charge in [-0.1, -0.05) is 36.7 Å². The SMILES string of the molecule is CC(C)(C)C(Br)OCCO. The monoisotopic (exact) mass is 210 g/mol. The third-order valence-electron chi connectivity index (χ3n) is 1.04. The van der Waals surface area contributed by atoms with Crippen molar-refractivity contribution >= 4 is 15.9 Å². The van der Waals surface area contributed by atoms with Crippen molar-refractivity contribution in [2.45, 2.75) is 25.8 Å². The number of aliphatic hydroxyl groups is 1. The van der Waals surface area contributed by atoms with Crippen molar-refractivity contribution < 1.29 is 9.84 Å². The molecular weight excluding hydrogens is 196 g/mol. The highest BCUT2D eigenvalue weighted by Gasteiger charge is 2.21. The highest BCUT2D eigenvalue weighted by atomic mass is 79.9. The van der Waals surface area contributed by atoms with Gasteiger partial charge in [-0.15, -0.1) is 0 Å². The molecule has 10 heavy (non-hydrogen) atoms. The minimum absolute atomic E-state index is 0.0205. The minimum Gasteiger partial charge on any atom is -0.394 e. The molecule has 0 aromatic heterocycles. The van der Waals surface area contributed by atoms with Crippen LogP contribution in [0, 0.1) is 5.41 Å². The van der Waals surface area contributed by atoms with Crippen LogP contribution in [0.5, 0.6) is 0 Å². The van der Waals surface area contributed by atoms with Gasteiger partial charge in [-0.05, 0) is 5.41 Å². The summed E-state index contributed by atoms with van der Waals surface area (Å²) in [6.45, 7) is 6.70. The molecule has 0 radical (unpaired) electrons. The fourth-order valence-electron chi connectivity index (χ4n) is 0.406. The molecule has 0 saturated carbocycles. The lowest BCUT2D eigenvalue weighted by Crippen LogP contribution is -2.24. The Morgan fingerprint density at radius 2 is 2.00 bits per heavy atom. The van der Waals surface area contributed by atoms with Crippen molar-refractivity contribution in [2.75, 3.05) is 13.2 Å². The summed E-state index contributed by atoms with van der Waals surface area (Å²) in [6, 6.07) is 0. The maximum absolute atomic E-state index is 8.44. The number of rotatable bonds is 3. The Kier molecular flexibility index (Phi) is 4.49. The molecular formula is C7H15BrO2. The smallest absolute Gasteiger partial charge is 0.117 e. The zero-order valence-electron chi connectivity index (χ0n) is 6.72. The van der Waals surface area contributed by atoms with Gasteiger partial charge in [0, 0.05) is 0 Å². The molecule has 0 aliphatic heterocycles. The fourth-order valence-corrected chi connectivity index (χ4v) is 0.593. The standard InChI is InChI=1S/C7H15BrO2/c1-7(2,3)6(8)10-5-4-9/h6,9H,4-5H2,1-3H3. The summed E-state index contributed by atoms with van der Waals surface area (Å²) < 4.78 is 5.22. The highest BCUT2D eigenvalue weighted by molar-refractivity contribution is 9.09. The lowest BCUT2D eigenvalue weighted by molar-refractivity contribution is 0.0275. The average Bonchev–Trinajstić information content (AvgIpc) is 1.80. The van der Waals surface area contributed by atoms with E-state index in [-0.39, 0.29) is 17.0 Å². The number of hydrogen-bond donors (Lipinski definition) is 1. The van der Waals surface area contributed by atoms with E-state index in [0.29, 0.717) is 6.61 Å². The molecule has 1 unspecified atom stereocenters. The topological polar surface area (TPSA) is 29.5 Å². The molecule has 0 fully saturated rings. The molecule has 1 atom stereocenters. The predicted molar refractivity (Wildman–Crippen MR) is 45.2 cm³/mol. The first-order chi connectivity index (χ1) is 4.48. The van der Waals surface area contributed by atoms with Crippen molar-refractivity contribution in [3.63, 3.8) is 0 Å². The van der Waals surface area contributed by atoms with Crippen LogP contribution < -0.4 is 0 Å². The Labute approximate surface area is 70.7 Å². The van der Waals surface area contributed by atoms with Crippen LogP contribution in [0.3, 0.4) is 0 Å². The first-order valence-electron chi connectivity index (χ1n) is 3.35. The summed E-state index contributed by atoms with van der Waals surface area (Å²) in [4.78, 5) is 0. The third-order valence-corrected chi connectivity index (χ3v) is 2.67. The van der Waals surface area contributed by atoms with Crippen LogP contribution >= 0.6 is 15.9 Å². The molecule has 62 valence electrons. The largest absolute Gasteiger partial charge is 0.394 e. The number of ether oxygens (including phenoxy) is 1. The molecule has 0 aromatic rings. The van der Waals surface area contributed by atoms with E-state index in [4.69, 9.17) is 9.84 Å². The lowest BCUT2D eigenvalue weighted by Gasteiger charge is -2.24. The molecule has 0 spiro atoms. The summed E-state index contributed by atoms with van der Waals surface area (Å²) in [7, 11) is 0. The summed E-state index contributed by atoms with van der Waals surface area (Å²) in [5.41, 5.74) is 0.0924. The molecule has 0 bridgehead atoms. The van der Waals surface area contributed by atoms with Gasteiger partial charge in [0.05, 0.1) is 13.2 Å². The van der Waals surface area contributed by atoms with Crippen LogP contribution in [-0.2, 0) is 4.74 Å². The molecule has 0 amide bonds. The Balaban J connectivity index is 3.52. The second-order valence-corrected chi connectivity index (χ2v) is 4.11. The normalized spacial score (nSPS) is 15.3. The van der Waals surface area contributed by atoms with E-state index in [1.165, 1.54) is 0 Å². The first-order valence-corrected chi connectivity index (χ1v) is 4.26. The van der Waals surface area contributed by atoms with Gasteiger partial charge in [-0.2, -0.15) is 0 Å². The van der Waals surface area contributed by atoms with Crippen LogP contribution in [0.25, 0.3) is 0 Å². The van der Waals surface area contributed by atoms with E-state index in [1.807, 2.05) is 0 Å². The quantitative estimate of drug-likeness (QED) is 0.720. The average molecular weight is 211 g/mol. The van der Waals surface area contributed by atoms with Crippen LogP contribution in [0.2, 0.25) is 0 Å². The summed E-state index contributed by atoms with van der Waals surface area (Å²) in [5.74, 6) is 0. The van der Waals surface area contributed by atoms with Gasteiger partial charge in [0.25, 0.3) is 0 Å². The van der Waals surface area contributed by atoms with E-state index >= 15 is 0 Å². The van der Waals surface area contributed by atoms with E-state index in [2.05, 4.69) is 36.7 Å². The highest BCUT2D eigenvalue weighted by Crippen LogP contribution is 2.26. The maximum Gasteiger partial charge on any atom is 0.117 e. The van der Waals surface area contributed by atoms with Crippen molar-refractivity contribution in [3.8, 4) is 0 Å². The molecule has 1 N–H and O–H groups in total. The van der Waals surface area contributed by atoms with Crippen LogP contribution in [-0.4, -0.2) is 23.3 Å². The van der Waals surface area contributed by atoms with Crippen molar-refractivity contribution in [3.05, 3.63) is 0 Å². The van der Waals surface area contributed by atoms with E-state index in [1.54, 1.807) is 0 Å². The van der Waals surface area contributed by atoms with Crippen LogP contribution in [0.1, 0.15) is 20.8 Å². The second-order valence-electron chi connectivity index (χ2n) is 3.28. The molecule has 0 aliphatic carbocycles. The summed E-state index contributed by atoms with van der Waals surface area (Å²) in [6.07, 6.45) is 0. The van der Waals surface area contributed by atoms with Crippen molar-refractivity contribution in [1.82, 2.24) is 0 Å². The van der Waals surface area contributed by atoms with Gasteiger partial charge in [0.15, 0.2) is 0 Å². The summed E-state index contributed by atoms with van der Waals surface area (Å²) >= 11 is 3.37. The Hall–Kier alpha value is 0.400. The second kappa shape index (κ2) is 4.31. The van der Waals surface area contributed by atoms with Crippen molar-refractivity contribution in [1.29, 1.82) is 0 Å². The zero-order chi connectivity index (χ0) is 8.20. The number of aliphatic hydroxyl groups excluding tert-OH is 1. The van der Waals surface area contributed by atoms with Gasteiger partial charge in [-0.3, -0.25) is 0 Å². The van der Waals surface area contributed by atoms with Gasteiger partial charge in [-0.25, -0.2) is 0 Å². The predicted octanol–water partition coefficient (Wildman–Crippen LogP) is 1.76. The molecule has 0 rings (SSSR count). The fraction of sp³-hybridized carbons (Fsp3) is 1.00. The Morgan fingerprint density at radius 3 is 2.30 bits per heavy atom. The third kappa shape index (κ3) is 4.25. The molecule has 3 heteroatoms. The Morgan fingerprint density at radius 1 is 1.50 bits per heavy atom. The van der Waals surface area contributed by atoms with E-state index in [0.717, 1.165) is 0 Å². The molecule has 0 aliphatic rings. The number of alkyl halides is 1. The van der Waals surface area contributed by atoms with Crippen LogP contribution in [0.4, 0.5) is 0 Å². The van der Waals surface area contributed by atoms with Crippen LogP contribution in [0.15, 0.2) is 0 Å². The van der Waals surface area contributed by atoms with Gasteiger partial charge >= 0.3 is 0 Å². The molecule has 0 saturated heterocycles.